The molecule has 0 spiro atoms. The predicted octanol–water partition coefficient (Wildman–Crippen LogP) is 5.00. The maximum atomic E-state index is 5.21. The topological polar surface area (TPSA) is 70.0 Å². The summed E-state index contributed by atoms with van der Waals surface area (Å²) < 4.78 is 5.21. The molecular formula is C25H43N5O. The first kappa shape index (κ1) is 25.0. The lowest BCUT2D eigenvalue weighted by atomic mass is 10.1. The molecule has 1 aromatic rings. The SMILES string of the molecule is CCCCCCCCCCCN=C1NC(=NCCc2ccc(OC)cc2)NC(C)(C)N1. The molecule has 6 nitrogen and oxygen atoms in total. The van der Waals surface area contributed by atoms with Gasteiger partial charge in [0.1, 0.15) is 11.4 Å². The van der Waals surface area contributed by atoms with Gasteiger partial charge in [0, 0.05) is 13.1 Å². The van der Waals surface area contributed by atoms with Crippen molar-refractivity contribution in [3.05, 3.63) is 29.8 Å². The molecule has 174 valence electrons. The lowest BCUT2D eigenvalue weighted by Gasteiger charge is -2.36. The number of ether oxygens (including phenoxy) is 1. The fourth-order valence-electron chi connectivity index (χ4n) is 3.66. The molecule has 31 heavy (non-hydrogen) atoms. The van der Waals surface area contributed by atoms with Gasteiger partial charge in [-0.15, -0.1) is 0 Å². The Morgan fingerprint density at radius 1 is 0.774 bits per heavy atom. The van der Waals surface area contributed by atoms with Crippen molar-refractivity contribution in [2.45, 2.75) is 90.6 Å². The van der Waals surface area contributed by atoms with Gasteiger partial charge in [-0.2, -0.15) is 0 Å². The van der Waals surface area contributed by atoms with Crippen LogP contribution in [0.3, 0.4) is 0 Å². The Morgan fingerprint density at radius 2 is 1.32 bits per heavy atom. The number of nitrogens with one attached hydrogen (secondary N) is 3. The third kappa shape index (κ3) is 10.6. The first-order valence-corrected chi connectivity index (χ1v) is 12.1. The molecule has 0 radical (unpaired) electrons. The molecule has 1 heterocycles. The maximum Gasteiger partial charge on any atom is 0.199 e. The molecule has 1 aliphatic rings. The van der Waals surface area contributed by atoms with Gasteiger partial charge in [-0.05, 0) is 44.4 Å². The average Bonchev–Trinajstić information content (AvgIpc) is 2.74. The highest BCUT2D eigenvalue weighted by Crippen LogP contribution is 2.12. The second-order valence-electron chi connectivity index (χ2n) is 8.89. The summed E-state index contributed by atoms with van der Waals surface area (Å²) in [6.45, 7) is 8.03. The van der Waals surface area contributed by atoms with Crippen LogP contribution in [0.5, 0.6) is 5.75 Å². The van der Waals surface area contributed by atoms with E-state index in [1.165, 1.54) is 56.9 Å². The van der Waals surface area contributed by atoms with Gasteiger partial charge in [0.25, 0.3) is 0 Å². The maximum absolute atomic E-state index is 5.21. The minimum absolute atomic E-state index is 0.276. The van der Waals surface area contributed by atoms with Crippen LogP contribution in [0.1, 0.15) is 84.1 Å². The number of hydrogen-bond acceptors (Lipinski definition) is 3. The zero-order valence-electron chi connectivity index (χ0n) is 20.1. The summed E-state index contributed by atoms with van der Waals surface area (Å²) in [5, 5.41) is 10.1. The summed E-state index contributed by atoms with van der Waals surface area (Å²) in [6, 6.07) is 8.16. The zero-order chi connectivity index (χ0) is 22.4. The predicted molar refractivity (Wildman–Crippen MR) is 132 cm³/mol. The van der Waals surface area contributed by atoms with E-state index in [0.717, 1.165) is 37.1 Å². The van der Waals surface area contributed by atoms with E-state index in [1.54, 1.807) is 7.11 Å². The molecule has 0 bridgehead atoms. The van der Waals surface area contributed by atoms with E-state index in [4.69, 9.17) is 14.7 Å². The Balaban J connectivity index is 1.70. The van der Waals surface area contributed by atoms with Gasteiger partial charge in [-0.3, -0.25) is 15.3 Å². The van der Waals surface area contributed by atoms with Gasteiger partial charge in [-0.25, -0.2) is 0 Å². The molecule has 1 aromatic carbocycles. The van der Waals surface area contributed by atoms with Gasteiger partial charge in [0.15, 0.2) is 11.9 Å². The van der Waals surface area contributed by atoms with Crippen LogP contribution >= 0.6 is 0 Å². The second-order valence-corrected chi connectivity index (χ2v) is 8.89. The summed E-state index contributed by atoms with van der Waals surface area (Å²) in [5.41, 5.74) is 0.972. The largest absolute Gasteiger partial charge is 0.497 e. The van der Waals surface area contributed by atoms with E-state index in [0.29, 0.717) is 6.54 Å². The van der Waals surface area contributed by atoms with Gasteiger partial charge in [0.05, 0.1) is 7.11 Å². The molecule has 0 aromatic heterocycles. The molecule has 6 heteroatoms. The van der Waals surface area contributed by atoms with E-state index in [-0.39, 0.29) is 5.66 Å². The minimum atomic E-state index is -0.276. The number of hydrogen-bond donors (Lipinski definition) is 3. The van der Waals surface area contributed by atoms with Crippen LogP contribution in [0.25, 0.3) is 0 Å². The van der Waals surface area contributed by atoms with Crippen molar-refractivity contribution in [1.82, 2.24) is 16.0 Å². The Bertz CT molecular complexity index is 682. The van der Waals surface area contributed by atoms with Crippen LogP contribution in [0.4, 0.5) is 0 Å². The molecule has 0 unspecified atom stereocenters. The molecule has 1 fully saturated rings. The number of guanidine groups is 2. The van der Waals surface area contributed by atoms with Crippen LogP contribution in [0, 0.1) is 0 Å². The molecular weight excluding hydrogens is 386 g/mol. The Morgan fingerprint density at radius 3 is 1.90 bits per heavy atom. The lowest BCUT2D eigenvalue weighted by Crippen LogP contribution is -2.68. The molecule has 0 amide bonds. The molecule has 3 N–H and O–H groups in total. The minimum Gasteiger partial charge on any atom is -0.497 e. The summed E-state index contributed by atoms with van der Waals surface area (Å²) in [7, 11) is 1.69. The highest BCUT2D eigenvalue weighted by molar-refractivity contribution is 6.01. The average molecular weight is 430 g/mol. The van der Waals surface area contributed by atoms with Crippen LogP contribution in [-0.4, -0.2) is 37.8 Å². The monoisotopic (exact) mass is 429 g/mol. The fraction of sp³-hybridized carbons (Fsp3) is 0.680. The summed E-state index contributed by atoms with van der Waals surface area (Å²) in [6.07, 6.45) is 12.8. The Labute approximate surface area is 189 Å². The van der Waals surface area contributed by atoms with E-state index in [9.17, 15) is 0 Å². The van der Waals surface area contributed by atoms with Gasteiger partial charge in [-0.1, -0.05) is 70.4 Å². The highest BCUT2D eigenvalue weighted by Gasteiger charge is 2.26. The van der Waals surface area contributed by atoms with Crippen molar-refractivity contribution in [2.24, 2.45) is 9.98 Å². The molecule has 1 saturated heterocycles. The van der Waals surface area contributed by atoms with Gasteiger partial charge in [0.2, 0.25) is 0 Å². The summed E-state index contributed by atoms with van der Waals surface area (Å²) in [5.74, 6) is 2.47. The first-order chi connectivity index (χ1) is 15.0. The first-order valence-electron chi connectivity index (χ1n) is 12.1. The van der Waals surface area contributed by atoms with Crippen molar-refractivity contribution in [2.75, 3.05) is 20.2 Å². The van der Waals surface area contributed by atoms with Crippen LogP contribution < -0.4 is 20.7 Å². The highest BCUT2D eigenvalue weighted by atomic mass is 16.5. The van der Waals surface area contributed by atoms with Crippen molar-refractivity contribution in [3.8, 4) is 5.75 Å². The number of nitrogens with zero attached hydrogens (tertiary/aromatic N) is 2. The number of benzene rings is 1. The van der Waals surface area contributed by atoms with E-state index in [1.807, 2.05) is 12.1 Å². The molecule has 2 rings (SSSR count). The number of unbranched alkanes of at least 4 members (excludes halogenated alkanes) is 8. The van der Waals surface area contributed by atoms with Gasteiger partial charge >= 0.3 is 0 Å². The van der Waals surface area contributed by atoms with Crippen molar-refractivity contribution < 1.29 is 4.74 Å². The number of aliphatic imine (C=N–C) groups is 2. The smallest absolute Gasteiger partial charge is 0.199 e. The van der Waals surface area contributed by atoms with E-state index >= 15 is 0 Å². The fourth-order valence-corrected chi connectivity index (χ4v) is 3.66. The number of methoxy groups -OCH3 is 1. The van der Waals surface area contributed by atoms with Crippen LogP contribution in [-0.2, 0) is 6.42 Å². The van der Waals surface area contributed by atoms with Gasteiger partial charge < -0.3 is 15.4 Å². The van der Waals surface area contributed by atoms with Crippen LogP contribution in [0.15, 0.2) is 34.3 Å². The van der Waals surface area contributed by atoms with Crippen molar-refractivity contribution >= 4 is 11.9 Å². The van der Waals surface area contributed by atoms with Crippen LogP contribution in [0.2, 0.25) is 0 Å². The van der Waals surface area contributed by atoms with E-state index < -0.39 is 0 Å². The normalized spacial score (nSPS) is 17.8. The van der Waals surface area contributed by atoms with Crippen molar-refractivity contribution in [3.63, 3.8) is 0 Å². The molecule has 1 aliphatic heterocycles. The van der Waals surface area contributed by atoms with E-state index in [2.05, 4.69) is 48.9 Å². The summed E-state index contributed by atoms with van der Waals surface area (Å²) in [4.78, 5) is 9.44. The second kappa shape index (κ2) is 13.9. The molecule has 0 saturated carbocycles. The third-order valence-electron chi connectivity index (χ3n) is 5.46. The summed E-state index contributed by atoms with van der Waals surface area (Å²) >= 11 is 0. The standard InChI is InChI=1S/C25H43N5O/c1-5-6-7-8-9-10-11-12-13-19-26-23-28-24(30-25(2,3)29-23)27-20-18-21-14-16-22(31-4)17-15-21/h14-17H,5-13,18-20H2,1-4H3,(H3,26,27,28,29,30). The number of rotatable bonds is 14. The Hall–Kier alpha value is -2.24. The zero-order valence-corrected chi connectivity index (χ0v) is 20.1. The Kier molecular flexibility index (Phi) is 11.3. The van der Waals surface area contributed by atoms with Crippen molar-refractivity contribution in [1.29, 1.82) is 0 Å². The lowest BCUT2D eigenvalue weighted by molar-refractivity contribution is 0.403. The third-order valence-corrected chi connectivity index (χ3v) is 5.46. The quantitative estimate of drug-likeness (QED) is 0.364. The molecule has 0 aliphatic carbocycles. The molecule has 0 atom stereocenters.